The van der Waals surface area contributed by atoms with Gasteiger partial charge in [-0.15, -0.1) is 11.3 Å². The Morgan fingerprint density at radius 1 is 1.43 bits per heavy atom. The van der Waals surface area contributed by atoms with Gasteiger partial charge in [-0.2, -0.15) is 5.10 Å². The molecule has 2 N–H and O–H groups in total. The molecule has 3 rings (SSSR count). The molecular formula is C20H25ClN4O3S2. The molecular weight excluding hydrogens is 444 g/mol. The largest absolute Gasteiger partial charge is 0.462 e. The first-order valence-electron chi connectivity index (χ1n) is 9.85. The number of amides is 1. The van der Waals surface area contributed by atoms with Gasteiger partial charge in [0.2, 0.25) is 0 Å². The molecule has 2 heterocycles. The Bertz CT molecular complexity index is 999. The number of carbonyl (C=O) groups is 2. The van der Waals surface area contributed by atoms with E-state index < -0.39 is 5.91 Å². The quantitative estimate of drug-likeness (QED) is 0.503. The predicted molar refractivity (Wildman–Crippen MR) is 123 cm³/mol. The normalized spacial score (nSPS) is 15.4. The zero-order valence-corrected chi connectivity index (χ0v) is 19.8. The van der Waals surface area contributed by atoms with Gasteiger partial charge in [0.25, 0.3) is 5.91 Å². The minimum Gasteiger partial charge on any atom is -0.462 e. The summed E-state index contributed by atoms with van der Waals surface area (Å²) in [7, 11) is 1.64. The summed E-state index contributed by atoms with van der Waals surface area (Å²) in [6.45, 7) is 6.24. The maximum Gasteiger partial charge on any atom is 0.341 e. The molecule has 2 aromatic rings. The molecule has 2 aromatic heterocycles. The molecule has 1 aliphatic rings. The fourth-order valence-electron chi connectivity index (χ4n) is 3.50. The molecule has 0 saturated heterocycles. The number of fused-ring (bicyclic) bond motifs is 1. The number of carbonyl (C=O) groups excluding carboxylic acids is 2. The van der Waals surface area contributed by atoms with Crippen LogP contribution in [0.3, 0.4) is 0 Å². The second kappa shape index (κ2) is 9.45. The van der Waals surface area contributed by atoms with Crippen molar-refractivity contribution in [1.82, 2.24) is 15.1 Å². The summed E-state index contributed by atoms with van der Waals surface area (Å²) in [4.78, 5) is 26.5. The highest BCUT2D eigenvalue weighted by molar-refractivity contribution is 7.80. The van der Waals surface area contributed by atoms with Crippen LogP contribution in [0.4, 0.5) is 5.00 Å². The van der Waals surface area contributed by atoms with Crippen molar-refractivity contribution in [2.24, 2.45) is 13.0 Å². The van der Waals surface area contributed by atoms with Gasteiger partial charge in [0.15, 0.2) is 5.11 Å². The van der Waals surface area contributed by atoms with Gasteiger partial charge in [0, 0.05) is 11.9 Å². The Kier molecular flexibility index (Phi) is 7.15. The number of aromatic nitrogens is 2. The Morgan fingerprint density at radius 2 is 2.17 bits per heavy atom. The van der Waals surface area contributed by atoms with Crippen LogP contribution in [0.25, 0.3) is 0 Å². The molecule has 30 heavy (non-hydrogen) atoms. The molecule has 0 saturated carbocycles. The fraction of sp³-hybridized carbons (Fsp3) is 0.500. The van der Waals surface area contributed by atoms with E-state index in [0.717, 1.165) is 31.2 Å². The molecule has 1 aliphatic carbocycles. The summed E-state index contributed by atoms with van der Waals surface area (Å²) in [5.74, 6) is -0.262. The lowest BCUT2D eigenvalue weighted by molar-refractivity contribution is 0.0505. The highest BCUT2D eigenvalue weighted by Crippen LogP contribution is 2.40. The summed E-state index contributed by atoms with van der Waals surface area (Å²) in [6, 6.07) is 0. The second-order valence-electron chi connectivity index (χ2n) is 7.47. The standard InChI is InChI=1S/C20H25ClN4O3S2/c1-5-8-28-19(27)14-12-7-6-10(2)9-13(12)30-18(14)23-20(29)22-17(26)16-15(21)11(3)24-25(16)4/h10H,5-9H2,1-4H3,(H2,22,23,26,29)/t10-/m1/s1. The minimum atomic E-state index is -0.467. The van der Waals surface area contributed by atoms with E-state index in [1.54, 1.807) is 14.0 Å². The zero-order valence-electron chi connectivity index (χ0n) is 17.4. The van der Waals surface area contributed by atoms with Gasteiger partial charge in [0.1, 0.15) is 10.7 Å². The number of ether oxygens (including phenoxy) is 1. The van der Waals surface area contributed by atoms with Crippen molar-refractivity contribution in [2.45, 2.75) is 46.5 Å². The van der Waals surface area contributed by atoms with E-state index in [0.29, 0.717) is 28.8 Å². The zero-order chi connectivity index (χ0) is 22.0. The number of esters is 1. The van der Waals surface area contributed by atoms with Crippen molar-refractivity contribution < 1.29 is 14.3 Å². The molecule has 0 bridgehead atoms. The molecule has 7 nitrogen and oxygen atoms in total. The van der Waals surface area contributed by atoms with Crippen LogP contribution >= 0.6 is 35.2 Å². The molecule has 0 radical (unpaired) electrons. The highest BCUT2D eigenvalue weighted by Gasteiger charge is 2.29. The third kappa shape index (κ3) is 4.68. The van der Waals surface area contributed by atoms with Crippen LogP contribution in [0, 0.1) is 12.8 Å². The van der Waals surface area contributed by atoms with Crippen molar-refractivity contribution in [3.05, 3.63) is 32.4 Å². The number of hydrogen-bond acceptors (Lipinski definition) is 6. The molecule has 1 atom stereocenters. The molecule has 0 aromatic carbocycles. The van der Waals surface area contributed by atoms with Crippen LogP contribution in [0.2, 0.25) is 5.02 Å². The average Bonchev–Trinajstić information content (AvgIpc) is 3.14. The van der Waals surface area contributed by atoms with E-state index in [2.05, 4.69) is 22.7 Å². The number of rotatable bonds is 5. The molecule has 0 spiro atoms. The van der Waals surface area contributed by atoms with E-state index in [9.17, 15) is 9.59 Å². The monoisotopic (exact) mass is 468 g/mol. The Balaban J connectivity index is 1.82. The van der Waals surface area contributed by atoms with Crippen molar-refractivity contribution in [3.8, 4) is 0 Å². The van der Waals surface area contributed by atoms with E-state index in [1.807, 2.05) is 6.92 Å². The van der Waals surface area contributed by atoms with E-state index in [-0.39, 0.29) is 21.8 Å². The first-order chi connectivity index (χ1) is 14.2. The SMILES string of the molecule is CCCOC(=O)c1c(NC(=S)NC(=O)c2c(Cl)c(C)nn2C)sc2c1CC[C@@H](C)C2. The van der Waals surface area contributed by atoms with E-state index in [1.165, 1.54) is 20.9 Å². The van der Waals surface area contributed by atoms with Gasteiger partial charge < -0.3 is 10.1 Å². The second-order valence-corrected chi connectivity index (χ2v) is 9.36. The molecule has 162 valence electrons. The Hall–Kier alpha value is -1.97. The van der Waals surface area contributed by atoms with E-state index in [4.69, 9.17) is 28.6 Å². The smallest absolute Gasteiger partial charge is 0.341 e. The van der Waals surface area contributed by atoms with Gasteiger partial charge in [-0.25, -0.2) is 4.79 Å². The maximum absolute atomic E-state index is 12.7. The van der Waals surface area contributed by atoms with E-state index >= 15 is 0 Å². The van der Waals surface area contributed by atoms with Crippen LogP contribution in [0.5, 0.6) is 0 Å². The Morgan fingerprint density at radius 3 is 2.80 bits per heavy atom. The summed E-state index contributed by atoms with van der Waals surface area (Å²) in [5, 5.41) is 10.8. The number of thiophene rings is 1. The lowest BCUT2D eigenvalue weighted by Gasteiger charge is -2.18. The topological polar surface area (TPSA) is 85.2 Å². The highest BCUT2D eigenvalue weighted by atomic mass is 35.5. The van der Waals surface area contributed by atoms with Crippen LogP contribution < -0.4 is 10.6 Å². The first kappa shape index (κ1) is 22.7. The van der Waals surface area contributed by atoms with Gasteiger partial charge in [0.05, 0.1) is 22.9 Å². The predicted octanol–water partition coefficient (Wildman–Crippen LogP) is 4.26. The van der Waals surface area contributed by atoms with Gasteiger partial charge >= 0.3 is 5.97 Å². The van der Waals surface area contributed by atoms with Crippen LogP contribution in [-0.2, 0) is 24.6 Å². The average molecular weight is 469 g/mol. The third-order valence-corrected chi connectivity index (χ3v) is 6.80. The van der Waals surface area contributed by atoms with Crippen LogP contribution in [0.1, 0.15) is 63.7 Å². The molecule has 0 unspecified atom stereocenters. The molecule has 10 heteroatoms. The van der Waals surface area contributed by atoms with Gasteiger partial charge in [-0.1, -0.05) is 25.4 Å². The van der Waals surface area contributed by atoms with Crippen molar-refractivity contribution in [3.63, 3.8) is 0 Å². The number of hydrogen-bond donors (Lipinski definition) is 2. The molecule has 0 aliphatic heterocycles. The molecule has 0 fully saturated rings. The number of nitrogens with one attached hydrogen (secondary N) is 2. The lowest BCUT2D eigenvalue weighted by Crippen LogP contribution is -2.35. The number of anilines is 1. The first-order valence-corrected chi connectivity index (χ1v) is 11.5. The number of halogens is 1. The summed E-state index contributed by atoms with van der Waals surface area (Å²) in [5.41, 5.74) is 2.34. The summed E-state index contributed by atoms with van der Waals surface area (Å²) < 4.78 is 6.81. The number of thiocarbonyl (C=S) groups is 1. The fourth-order valence-corrected chi connectivity index (χ4v) is 5.41. The summed E-state index contributed by atoms with van der Waals surface area (Å²) in [6.07, 6.45) is 3.51. The minimum absolute atomic E-state index is 0.0890. The number of nitrogens with zero attached hydrogens (tertiary/aromatic N) is 2. The van der Waals surface area contributed by atoms with Crippen LogP contribution in [-0.4, -0.2) is 33.4 Å². The maximum atomic E-state index is 12.7. The van der Waals surface area contributed by atoms with Crippen molar-refractivity contribution in [2.75, 3.05) is 11.9 Å². The van der Waals surface area contributed by atoms with Crippen LogP contribution in [0.15, 0.2) is 0 Å². The number of aryl methyl sites for hydroxylation is 2. The lowest BCUT2D eigenvalue weighted by atomic mass is 9.88. The summed E-state index contributed by atoms with van der Waals surface area (Å²) >= 11 is 13.0. The van der Waals surface area contributed by atoms with Crippen molar-refractivity contribution >= 4 is 57.1 Å². The molecule has 1 amide bonds. The Labute approximate surface area is 190 Å². The van der Waals surface area contributed by atoms with Gasteiger partial charge in [-0.05, 0) is 56.3 Å². The van der Waals surface area contributed by atoms with Gasteiger partial charge in [-0.3, -0.25) is 14.8 Å². The third-order valence-electron chi connectivity index (χ3n) is 4.97. The van der Waals surface area contributed by atoms with Crippen molar-refractivity contribution in [1.29, 1.82) is 0 Å².